The van der Waals surface area contributed by atoms with Crippen LogP contribution in [0.5, 0.6) is 11.5 Å². The van der Waals surface area contributed by atoms with Gasteiger partial charge in [-0.25, -0.2) is 0 Å². The number of carbonyl (C=O) groups is 1. The van der Waals surface area contributed by atoms with Gasteiger partial charge in [0.1, 0.15) is 11.5 Å². The molecule has 90 valence electrons. The van der Waals surface area contributed by atoms with E-state index in [4.69, 9.17) is 4.74 Å². The minimum atomic E-state index is -0.141. The molecule has 0 amide bonds. The summed E-state index contributed by atoms with van der Waals surface area (Å²) < 4.78 is 5.49. The molecule has 0 bridgehead atoms. The number of hydrogen-bond acceptors (Lipinski definition) is 4. The molecule has 2 aromatic rings. The molecule has 0 atom stereocenters. The van der Waals surface area contributed by atoms with Crippen LogP contribution < -0.4 is 4.74 Å². The second kappa shape index (κ2) is 3.99. The minimum absolute atomic E-state index is 0.0927. The van der Waals surface area contributed by atoms with Crippen molar-refractivity contribution < 1.29 is 14.6 Å². The third kappa shape index (κ3) is 1.71. The van der Waals surface area contributed by atoms with Crippen LogP contribution in [0.2, 0.25) is 0 Å². The Morgan fingerprint density at radius 2 is 2.17 bits per heavy atom. The van der Waals surface area contributed by atoms with Crippen LogP contribution >= 0.6 is 11.3 Å². The second-order valence-electron chi connectivity index (χ2n) is 4.09. The lowest BCUT2D eigenvalue weighted by Gasteiger charge is -1.98. The van der Waals surface area contributed by atoms with Crippen molar-refractivity contribution in [1.29, 1.82) is 0 Å². The van der Waals surface area contributed by atoms with E-state index in [1.54, 1.807) is 23.5 Å². The highest BCUT2D eigenvalue weighted by atomic mass is 32.1. The summed E-state index contributed by atoms with van der Waals surface area (Å²) in [6, 6.07) is 6.51. The van der Waals surface area contributed by atoms with Crippen LogP contribution in [-0.2, 0) is 0 Å². The predicted molar refractivity (Wildman–Crippen MR) is 70.1 cm³/mol. The number of carbonyl (C=O) groups excluding carboxylic acids is 1. The van der Waals surface area contributed by atoms with Gasteiger partial charge in [0.25, 0.3) is 0 Å². The molecule has 0 radical (unpaired) electrons. The third-order valence-electron chi connectivity index (χ3n) is 2.82. The van der Waals surface area contributed by atoms with E-state index in [1.165, 1.54) is 12.1 Å². The summed E-state index contributed by atoms with van der Waals surface area (Å²) in [5, 5.41) is 11.3. The van der Waals surface area contributed by atoms with E-state index in [0.29, 0.717) is 17.1 Å². The van der Waals surface area contributed by atoms with Gasteiger partial charge in [-0.15, -0.1) is 11.3 Å². The molecule has 0 unspecified atom stereocenters. The molecule has 1 aromatic heterocycles. The Labute approximate surface area is 108 Å². The number of phenols is 1. The summed E-state index contributed by atoms with van der Waals surface area (Å²) in [6.45, 7) is 1.99. The summed E-state index contributed by atoms with van der Waals surface area (Å²) >= 11 is 1.56. The maximum absolute atomic E-state index is 12.1. The van der Waals surface area contributed by atoms with Crippen molar-refractivity contribution in [2.75, 3.05) is 0 Å². The second-order valence-corrected chi connectivity index (χ2v) is 5.04. The quantitative estimate of drug-likeness (QED) is 0.798. The van der Waals surface area contributed by atoms with E-state index in [0.717, 1.165) is 10.4 Å². The maximum Gasteiger partial charge on any atom is 0.232 e. The summed E-state index contributed by atoms with van der Waals surface area (Å²) in [5.41, 5.74) is 1.61. The number of aryl methyl sites for hydroxylation is 1. The number of ketones is 1. The summed E-state index contributed by atoms with van der Waals surface area (Å²) in [4.78, 5) is 13.1. The van der Waals surface area contributed by atoms with Crippen LogP contribution in [0, 0.1) is 6.92 Å². The Hall–Kier alpha value is -2.07. The first-order valence-electron chi connectivity index (χ1n) is 5.46. The average Bonchev–Trinajstić information content (AvgIpc) is 2.86. The lowest BCUT2D eigenvalue weighted by Crippen LogP contribution is -1.97. The predicted octanol–water partition coefficient (Wildman–Crippen LogP) is 3.38. The van der Waals surface area contributed by atoms with Crippen molar-refractivity contribution in [1.82, 2.24) is 0 Å². The number of ether oxygens (including phenoxy) is 1. The molecule has 1 aliphatic rings. The largest absolute Gasteiger partial charge is 0.508 e. The molecular formula is C14H10O3S. The Bertz CT molecular complexity index is 667. The number of benzene rings is 1. The van der Waals surface area contributed by atoms with Crippen molar-refractivity contribution >= 4 is 23.2 Å². The summed E-state index contributed by atoms with van der Waals surface area (Å²) in [6.07, 6.45) is 1.75. The van der Waals surface area contributed by atoms with Gasteiger partial charge in [0.15, 0.2) is 5.76 Å². The first-order chi connectivity index (χ1) is 8.65. The lowest BCUT2D eigenvalue weighted by atomic mass is 10.1. The molecule has 2 heterocycles. The van der Waals surface area contributed by atoms with Crippen molar-refractivity contribution in [2.24, 2.45) is 0 Å². The van der Waals surface area contributed by atoms with Crippen molar-refractivity contribution in [3.8, 4) is 11.5 Å². The van der Waals surface area contributed by atoms with Gasteiger partial charge in [0, 0.05) is 17.0 Å². The first-order valence-corrected chi connectivity index (χ1v) is 6.34. The zero-order valence-corrected chi connectivity index (χ0v) is 10.5. The van der Waals surface area contributed by atoms with Gasteiger partial charge < -0.3 is 9.84 Å². The number of Topliss-reactive ketones (excluding diaryl/α,β-unsaturated/α-hetero) is 1. The number of thiophene rings is 1. The normalized spacial score (nSPS) is 15.8. The molecular weight excluding hydrogens is 248 g/mol. The number of rotatable bonds is 1. The van der Waals surface area contributed by atoms with Crippen molar-refractivity contribution in [3.05, 3.63) is 51.4 Å². The Morgan fingerprint density at radius 3 is 2.89 bits per heavy atom. The van der Waals surface area contributed by atoms with E-state index in [-0.39, 0.29) is 11.5 Å². The Morgan fingerprint density at radius 1 is 1.33 bits per heavy atom. The molecule has 1 aliphatic heterocycles. The highest BCUT2D eigenvalue weighted by Gasteiger charge is 2.27. The molecule has 4 heteroatoms. The van der Waals surface area contributed by atoms with Crippen LogP contribution in [0.4, 0.5) is 0 Å². The lowest BCUT2D eigenvalue weighted by molar-refractivity contribution is 0.101. The highest BCUT2D eigenvalue weighted by Crippen LogP contribution is 2.35. The van der Waals surface area contributed by atoms with Crippen molar-refractivity contribution in [2.45, 2.75) is 6.92 Å². The molecule has 3 rings (SSSR count). The number of allylic oxidation sites excluding steroid dienone is 1. The Kier molecular flexibility index (Phi) is 2.45. The highest BCUT2D eigenvalue weighted by molar-refractivity contribution is 7.11. The molecule has 0 saturated heterocycles. The van der Waals surface area contributed by atoms with Crippen LogP contribution in [0.15, 0.2) is 35.4 Å². The fourth-order valence-corrected chi connectivity index (χ4v) is 2.67. The average molecular weight is 258 g/mol. The van der Waals surface area contributed by atoms with Gasteiger partial charge in [-0.1, -0.05) is 0 Å². The van der Waals surface area contributed by atoms with Gasteiger partial charge in [-0.3, -0.25) is 4.79 Å². The Balaban J connectivity index is 2.02. The van der Waals surface area contributed by atoms with Gasteiger partial charge in [0.05, 0.1) is 5.56 Å². The minimum Gasteiger partial charge on any atom is -0.508 e. The molecule has 0 spiro atoms. The topological polar surface area (TPSA) is 46.5 Å². The van der Waals surface area contributed by atoms with Gasteiger partial charge in [-0.2, -0.15) is 0 Å². The van der Waals surface area contributed by atoms with E-state index in [2.05, 4.69) is 0 Å². The zero-order chi connectivity index (χ0) is 12.7. The van der Waals surface area contributed by atoms with E-state index in [9.17, 15) is 9.90 Å². The third-order valence-corrected chi connectivity index (χ3v) is 3.78. The zero-order valence-electron chi connectivity index (χ0n) is 9.64. The van der Waals surface area contributed by atoms with E-state index >= 15 is 0 Å². The van der Waals surface area contributed by atoms with Gasteiger partial charge in [-0.05, 0) is 36.1 Å². The van der Waals surface area contributed by atoms with E-state index < -0.39 is 0 Å². The SMILES string of the molecule is Cc1ccsc1C=C1Oc2cc(O)ccc2C1=O. The van der Waals surface area contributed by atoms with Crippen LogP contribution in [0.25, 0.3) is 6.08 Å². The van der Waals surface area contributed by atoms with Crippen LogP contribution in [-0.4, -0.2) is 10.9 Å². The smallest absolute Gasteiger partial charge is 0.232 e. The summed E-state index contributed by atoms with van der Waals surface area (Å²) in [7, 11) is 0. The van der Waals surface area contributed by atoms with Crippen LogP contribution in [0.3, 0.4) is 0 Å². The van der Waals surface area contributed by atoms with Gasteiger partial charge >= 0.3 is 0 Å². The molecule has 0 saturated carbocycles. The number of hydrogen-bond donors (Lipinski definition) is 1. The number of phenolic OH excluding ortho intramolecular Hbond substituents is 1. The molecule has 1 N–H and O–H groups in total. The molecule has 1 aromatic carbocycles. The first kappa shape index (κ1) is 11.0. The number of aromatic hydroxyl groups is 1. The maximum atomic E-state index is 12.1. The summed E-state index contributed by atoms with van der Waals surface area (Å²) in [5.74, 6) is 0.675. The fraction of sp³-hybridized carbons (Fsp3) is 0.0714. The monoisotopic (exact) mass is 258 g/mol. The molecule has 18 heavy (non-hydrogen) atoms. The van der Waals surface area contributed by atoms with Crippen LogP contribution in [0.1, 0.15) is 20.8 Å². The number of fused-ring (bicyclic) bond motifs is 1. The standard InChI is InChI=1S/C14H10O3S/c1-8-4-5-18-13(8)7-12-14(16)10-3-2-9(15)6-11(10)17-12/h2-7,15H,1H3. The molecule has 0 aliphatic carbocycles. The van der Waals surface area contributed by atoms with E-state index in [1.807, 2.05) is 18.4 Å². The molecule has 0 fully saturated rings. The molecule has 3 nitrogen and oxygen atoms in total. The van der Waals surface area contributed by atoms with Crippen molar-refractivity contribution in [3.63, 3.8) is 0 Å². The fourth-order valence-electron chi connectivity index (χ4n) is 1.83. The van der Waals surface area contributed by atoms with Gasteiger partial charge in [0.2, 0.25) is 5.78 Å².